The third-order valence-corrected chi connectivity index (χ3v) is 5.17. The van der Waals surface area contributed by atoms with E-state index in [9.17, 15) is 27.6 Å². The van der Waals surface area contributed by atoms with Gasteiger partial charge < -0.3 is 10.1 Å². The first kappa shape index (κ1) is 23.5. The van der Waals surface area contributed by atoms with Crippen LogP contribution < -0.4 is 5.32 Å². The summed E-state index contributed by atoms with van der Waals surface area (Å²) in [7, 11) is 1.40. The van der Waals surface area contributed by atoms with E-state index in [0.29, 0.717) is 22.3 Å². The normalized spacial score (nSPS) is 18.8. The number of halogens is 4. The predicted molar refractivity (Wildman–Crippen MR) is 110 cm³/mol. The van der Waals surface area contributed by atoms with E-state index in [1.54, 1.807) is 13.8 Å². The van der Waals surface area contributed by atoms with Crippen molar-refractivity contribution in [1.29, 1.82) is 0 Å². The van der Waals surface area contributed by atoms with Gasteiger partial charge in [-0.15, -0.1) is 4.99 Å². The summed E-state index contributed by atoms with van der Waals surface area (Å²) in [6.45, 7) is 2.96. The molecule has 2 heterocycles. The topological polar surface area (TPSA) is 91.1 Å². The zero-order chi connectivity index (χ0) is 23.8. The van der Waals surface area contributed by atoms with Crippen LogP contribution in [0.25, 0.3) is 0 Å². The van der Waals surface area contributed by atoms with Gasteiger partial charge in [0.15, 0.2) is 12.5 Å². The van der Waals surface area contributed by atoms with E-state index in [0.717, 1.165) is 16.7 Å². The van der Waals surface area contributed by atoms with Gasteiger partial charge in [-0.05, 0) is 32.0 Å². The van der Waals surface area contributed by atoms with Crippen molar-refractivity contribution in [3.05, 3.63) is 40.1 Å². The van der Waals surface area contributed by atoms with E-state index in [1.807, 2.05) is 0 Å². The lowest BCUT2D eigenvalue weighted by Crippen LogP contribution is -2.56. The SMILES string of the molecule is CCOC1=C(C)C=NC2=[N+](C)C(=O)N(CC(=O)Nc3cc(C(F)(F)F)ccc3Cl)C(=O)C12. The van der Waals surface area contributed by atoms with Crippen LogP contribution >= 0.6 is 11.6 Å². The molecule has 0 fully saturated rings. The average Bonchev–Trinajstić information content (AvgIpc) is 2.72. The Bertz CT molecular complexity index is 1090. The highest BCUT2D eigenvalue weighted by Gasteiger charge is 2.51. The number of hydrogen-bond acceptors (Lipinski definition) is 5. The fourth-order valence-corrected chi connectivity index (χ4v) is 3.47. The zero-order valence-corrected chi connectivity index (χ0v) is 18.0. The number of anilines is 1. The highest BCUT2D eigenvalue weighted by atomic mass is 35.5. The Labute approximate surface area is 186 Å². The van der Waals surface area contributed by atoms with Crippen LogP contribution in [0.2, 0.25) is 5.02 Å². The molecule has 1 unspecified atom stereocenters. The van der Waals surface area contributed by atoms with Crippen molar-refractivity contribution < 1.29 is 36.9 Å². The van der Waals surface area contributed by atoms with Crippen molar-refractivity contribution in [2.24, 2.45) is 10.9 Å². The molecule has 0 saturated heterocycles. The van der Waals surface area contributed by atoms with E-state index >= 15 is 0 Å². The molecule has 1 atom stereocenters. The van der Waals surface area contributed by atoms with Gasteiger partial charge in [-0.2, -0.15) is 22.6 Å². The molecule has 1 aromatic carbocycles. The number of nitrogens with one attached hydrogen (secondary N) is 1. The molecule has 2 aliphatic heterocycles. The summed E-state index contributed by atoms with van der Waals surface area (Å²) in [5, 5.41) is 2.10. The van der Waals surface area contributed by atoms with Crippen LogP contribution in [0.5, 0.6) is 0 Å². The molecular formula is C20H19ClF3N4O4+. The van der Waals surface area contributed by atoms with Crippen molar-refractivity contribution in [3.63, 3.8) is 0 Å². The third-order valence-electron chi connectivity index (χ3n) is 4.84. The minimum Gasteiger partial charge on any atom is -0.496 e. The molecule has 12 heteroatoms. The predicted octanol–water partition coefficient (Wildman–Crippen LogP) is 3.31. The highest BCUT2D eigenvalue weighted by molar-refractivity contribution is 6.33. The van der Waals surface area contributed by atoms with Gasteiger partial charge in [0.05, 0.1) is 29.9 Å². The molecule has 1 aromatic rings. The first-order valence-corrected chi connectivity index (χ1v) is 9.83. The number of nitrogens with zero attached hydrogens (tertiary/aromatic N) is 3. The molecule has 0 radical (unpaired) electrons. The number of benzene rings is 1. The summed E-state index contributed by atoms with van der Waals surface area (Å²) in [6, 6.07) is 1.63. The van der Waals surface area contributed by atoms with Crippen LogP contribution in [-0.4, -0.2) is 59.6 Å². The van der Waals surface area contributed by atoms with E-state index in [4.69, 9.17) is 16.3 Å². The van der Waals surface area contributed by atoms with Crippen molar-refractivity contribution in [2.75, 3.05) is 25.5 Å². The molecular weight excluding hydrogens is 453 g/mol. The largest absolute Gasteiger partial charge is 0.496 e. The summed E-state index contributed by atoms with van der Waals surface area (Å²) in [5.41, 5.74) is -0.711. The van der Waals surface area contributed by atoms with Gasteiger partial charge in [0.2, 0.25) is 0 Å². The van der Waals surface area contributed by atoms with Gasteiger partial charge in [0.25, 0.3) is 11.7 Å². The first-order chi connectivity index (χ1) is 15.0. The maximum Gasteiger partial charge on any atom is 0.446 e. The second-order valence-corrected chi connectivity index (χ2v) is 7.44. The smallest absolute Gasteiger partial charge is 0.446 e. The van der Waals surface area contributed by atoms with Crippen molar-refractivity contribution in [3.8, 4) is 0 Å². The van der Waals surface area contributed by atoms with E-state index in [2.05, 4.69) is 10.3 Å². The number of alkyl halides is 3. The van der Waals surface area contributed by atoms with Crippen molar-refractivity contribution in [1.82, 2.24) is 4.90 Å². The number of urea groups is 1. The van der Waals surface area contributed by atoms with Gasteiger partial charge in [-0.25, -0.2) is 4.79 Å². The number of amides is 4. The second-order valence-electron chi connectivity index (χ2n) is 7.04. The number of fused-ring (bicyclic) bond motifs is 1. The Hall–Kier alpha value is -3.21. The van der Waals surface area contributed by atoms with Gasteiger partial charge >= 0.3 is 18.1 Å². The van der Waals surface area contributed by atoms with Crippen molar-refractivity contribution in [2.45, 2.75) is 20.0 Å². The lowest BCUT2D eigenvalue weighted by Gasteiger charge is -2.29. The summed E-state index contributed by atoms with van der Waals surface area (Å²) < 4.78 is 45.6. The standard InChI is InChI=1S/C20H18ClF3N4O4/c1-4-32-16-10(2)8-25-17-15(16)18(30)28(19(31)27(17)3)9-14(29)26-13-7-11(20(22,23)24)5-6-12(13)21/h5-8,15H,4,9H2,1-3H3/p+1. The number of dihydropyridines is 1. The fraction of sp³-hybridized carbons (Fsp3) is 0.350. The van der Waals surface area contributed by atoms with Crippen LogP contribution in [0, 0.1) is 5.92 Å². The molecule has 0 aliphatic carbocycles. The molecule has 0 aromatic heterocycles. The minimum atomic E-state index is -4.64. The van der Waals surface area contributed by atoms with E-state index in [-0.39, 0.29) is 23.2 Å². The molecule has 2 aliphatic rings. The van der Waals surface area contributed by atoms with Crippen LogP contribution in [0.1, 0.15) is 19.4 Å². The minimum absolute atomic E-state index is 0.130. The number of aliphatic imine (C=N–C) groups is 1. The summed E-state index contributed by atoms with van der Waals surface area (Å²) >= 11 is 5.90. The highest BCUT2D eigenvalue weighted by Crippen LogP contribution is 2.34. The van der Waals surface area contributed by atoms with Gasteiger partial charge in [0.1, 0.15) is 12.0 Å². The molecule has 1 N–H and O–H groups in total. The lowest BCUT2D eigenvalue weighted by atomic mass is 9.96. The summed E-state index contributed by atoms with van der Waals surface area (Å²) in [5.74, 6) is -2.18. The molecule has 170 valence electrons. The Kier molecular flexibility index (Phi) is 6.40. The van der Waals surface area contributed by atoms with Crippen LogP contribution in [0.3, 0.4) is 0 Å². The molecule has 3 rings (SSSR count). The maximum absolute atomic E-state index is 13.1. The summed E-state index contributed by atoms with van der Waals surface area (Å²) in [4.78, 5) is 43.2. The molecule has 4 amide bonds. The number of imide groups is 1. The Morgan fingerprint density at radius 1 is 1.34 bits per heavy atom. The van der Waals surface area contributed by atoms with Gasteiger partial charge in [-0.3, -0.25) is 9.59 Å². The molecule has 0 saturated carbocycles. The Morgan fingerprint density at radius 2 is 2.03 bits per heavy atom. The third kappa shape index (κ3) is 4.38. The van der Waals surface area contributed by atoms with Crippen LogP contribution in [0.4, 0.5) is 23.7 Å². The number of hydrogen-bond donors (Lipinski definition) is 1. The molecule has 0 spiro atoms. The molecule has 32 heavy (non-hydrogen) atoms. The van der Waals surface area contributed by atoms with E-state index in [1.165, 1.54) is 13.3 Å². The quantitative estimate of drug-likeness (QED) is 0.667. The van der Waals surface area contributed by atoms with Crippen LogP contribution in [-0.2, 0) is 20.5 Å². The number of carbonyl (C=O) groups excluding carboxylic acids is 3. The Morgan fingerprint density at radius 3 is 2.66 bits per heavy atom. The average molecular weight is 472 g/mol. The maximum atomic E-state index is 13.1. The van der Waals surface area contributed by atoms with Crippen LogP contribution in [0.15, 0.2) is 34.5 Å². The first-order valence-electron chi connectivity index (χ1n) is 9.45. The number of allylic oxidation sites excluding steroid dienone is 1. The Balaban J connectivity index is 1.86. The number of amidine groups is 1. The lowest BCUT2D eigenvalue weighted by molar-refractivity contribution is -0.408. The number of carbonyl (C=O) groups is 3. The van der Waals surface area contributed by atoms with E-state index < -0.39 is 42.0 Å². The van der Waals surface area contributed by atoms with Gasteiger partial charge in [-0.1, -0.05) is 11.6 Å². The van der Waals surface area contributed by atoms with Crippen molar-refractivity contribution >= 4 is 47.2 Å². The molecule has 8 nitrogen and oxygen atoms in total. The number of ether oxygens (including phenoxy) is 1. The molecule has 0 bridgehead atoms. The number of rotatable bonds is 5. The summed E-state index contributed by atoms with van der Waals surface area (Å²) in [6.07, 6.45) is -3.16. The van der Waals surface area contributed by atoms with Gasteiger partial charge in [0, 0.05) is 5.57 Å². The fourth-order valence-electron chi connectivity index (χ4n) is 3.31. The monoisotopic (exact) mass is 471 g/mol. The second kappa shape index (κ2) is 8.73. The zero-order valence-electron chi connectivity index (χ0n) is 17.3.